The number of nitrogens with zero attached hydrogens (tertiary/aromatic N) is 1. The predicted octanol–water partition coefficient (Wildman–Crippen LogP) is 2.56. The van der Waals surface area contributed by atoms with E-state index in [-0.39, 0.29) is 12.3 Å². The quantitative estimate of drug-likeness (QED) is 0.650. The summed E-state index contributed by atoms with van der Waals surface area (Å²) in [5.41, 5.74) is 1.82. The van der Waals surface area contributed by atoms with Gasteiger partial charge in [0.05, 0.1) is 0 Å². The van der Waals surface area contributed by atoms with Crippen LogP contribution in [-0.2, 0) is 16.0 Å². The van der Waals surface area contributed by atoms with Crippen LogP contribution in [-0.4, -0.2) is 38.8 Å². The van der Waals surface area contributed by atoms with Crippen LogP contribution >= 0.6 is 0 Å². The van der Waals surface area contributed by atoms with Crippen LogP contribution in [0.4, 0.5) is 0 Å². The summed E-state index contributed by atoms with van der Waals surface area (Å²) in [6.07, 6.45) is 4.47. The fourth-order valence-electron chi connectivity index (χ4n) is 2.72. The highest BCUT2D eigenvalue weighted by molar-refractivity contribution is 5.77. The van der Waals surface area contributed by atoms with Gasteiger partial charge in [0.2, 0.25) is 0 Å². The molecule has 6 heteroatoms. The van der Waals surface area contributed by atoms with Gasteiger partial charge in [0, 0.05) is 18.1 Å². The third-order valence-electron chi connectivity index (χ3n) is 3.98. The average Bonchev–Trinajstić information content (AvgIpc) is 3.07. The molecule has 2 atom stereocenters. The SMILES string of the molecule is CC(C)C[C@H](NC(Cc1ccc(-n2cccc2)cc1)C(=O)O)C(=O)O. The molecule has 1 heterocycles. The summed E-state index contributed by atoms with van der Waals surface area (Å²) >= 11 is 0. The molecule has 2 aromatic rings. The van der Waals surface area contributed by atoms with Crippen molar-refractivity contribution >= 4 is 11.9 Å². The van der Waals surface area contributed by atoms with Crippen LogP contribution in [0.25, 0.3) is 5.69 Å². The molecule has 134 valence electrons. The Morgan fingerprint density at radius 3 is 2.04 bits per heavy atom. The van der Waals surface area contributed by atoms with Crippen molar-refractivity contribution in [3.63, 3.8) is 0 Å². The molecule has 0 spiro atoms. The zero-order chi connectivity index (χ0) is 18.4. The van der Waals surface area contributed by atoms with Gasteiger partial charge in [-0.15, -0.1) is 0 Å². The first-order valence-electron chi connectivity index (χ1n) is 8.30. The van der Waals surface area contributed by atoms with E-state index in [0.717, 1.165) is 11.3 Å². The van der Waals surface area contributed by atoms with Crippen LogP contribution in [0.15, 0.2) is 48.8 Å². The summed E-state index contributed by atoms with van der Waals surface area (Å²) in [7, 11) is 0. The molecule has 0 aliphatic heterocycles. The second-order valence-corrected chi connectivity index (χ2v) is 6.54. The van der Waals surface area contributed by atoms with E-state index in [2.05, 4.69) is 5.32 Å². The van der Waals surface area contributed by atoms with Gasteiger partial charge in [-0.25, -0.2) is 0 Å². The highest BCUT2D eigenvalue weighted by atomic mass is 16.4. The van der Waals surface area contributed by atoms with Crippen molar-refractivity contribution in [2.24, 2.45) is 5.92 Å². The van der Waals surface area contributed by atoms with Crippen molar-refractivity contribution in [3.8, 4) is 5.69 Å². The van der Waals surface area contributed by atoms with E-state index in [1.807, 2.05) is 67.2 Å². The number of carbonyl (C=O) groups is 2. The molecular weight excluding hydrogens is 320 g/mol. The number of hydrogen-bond acceptors (Lipinski definition) is 3. The Morgan fingerprint density at radius 1 is 1.00 bits per heavy atom. The fraction of sp³-hybridized carbons (Fsp3) is 0.368. The number of aliphatic carboxylic acids is 2. The minimum atomic E-state index is -1.05. The maximum atomic E-state index is 11.5. The maximum Gasteiger partial charge on any atom is 0.321 e. The van der Waals surface area contributed by atoms with Gasteiger partial charge < -0.3 is 14.8 Å². The van der Waals surface area contributed by atoms with Crippen molar-refractivity contribution in [2.45, 2.75) is 38.8 Å². The highest BCUT2D eigenvalue weighted by Crippen LogP contribution is 2.13. The monoisotopic (exact) mass is 344 g/mol. The number of hydrogen-bond donors (Lipinski definition) is 3. The molecule has 0 aliphatic rings. The molecule has 6 nitrogen and oxygen atoms in total. The topological polar surface area (TPSA) is 91.6 Å². The largest absolute Gasteiger partial charge is 0.480 e. The molecule has 1 unspecified atom stereocenters. The molecule has 0 saturated carbocycles. The molecule has 3 N–H and O–H groups in total. The molecule has 2 rings (SSSR count). The Hall–Kier alpha value is -2.60. The molecule has 0 bridgehead atoms. The van der Waals surface area contributed by atoms with Gasteiger partial charge in [0.1, 0.15) is 12.1 Å². The normalized spacial score (nSPS) is 13.6. The molecule has 0 amide bonds. The number of benzene rings is 1. The van der Waals surface area contributed by atoms with Gasteiger partial charge in [0.15, 0.2) is 0 Å². The van der Waals surface area contributed by atoms with Crippen LogP contribution in [0.2, 0.25) is 0 Å². The van der Waals surface area contributed by atoms with Gasteiger partial charge in [0.25, 0.3) is 0 Å². The summed E-state index contributed by atoms with van der Waals surface area (Å²) in [4.78, 5) is 22.9. The lowest BCUT2D eigenvalue weighted by Crippen LogP contribution is -2.48. The number of rotatable bonds is 9. The standard InChI is InChI=1S/C19H24N2O4/c1-13(2)11-16(18(22)23)20-17(19(24)25)12-14-5-7-15(8-6-14)21-9-3-4-10-21/h3-10,13,16-17,20H,11-12H2,1-2H3,(H,22,23)(H,24,25)/t16-,17?/m0/s1. The lowest BCUT2D eigenvalue weighted by Gasteiger charge is -2.22. The lowest BCUT2D eigenvalue weighted by atomic mass is 10.0. The predicted molar refractivity (Wildman–Crippen MR) is 94.9 cm³/mol. The van der Waals surface area contributed by atoms with E-state index >= 15 is 0 Å². The Bertz CT molecular complexity index is 693. The number of nitrogens with one attached hydrogen (secondary N) is 1. The van der Waals surface area contributed by atoms with E-state index in [0.29, 0.717) is 6.42 Å². The molecule has 25 heavy (non-hydrogen) atoms. The maximum absolute atomic E-state index is 11.5. The third-order valence-corrected chi connectivity index (χ3v) is 3.98. The summed E-state index contributed by atoms with van der Waals surface area (Å²) < 4.78 is 1.96. The first-order chi connectivity index (χ1) is 11.9. The molecule has 0 saturated heterocycles. The van der Waals surface area contributed by atoms with Gasteiger partial charge in [-0.05, 0) is 48.6 Å². The first-order valence-corrected chi connectivity index (χ1v) is 8.30. The van der Waals surface area contributed by atoms with Crippen molar-refractivity contribution in [2.75, 3.05) is 0 Å². The van der Waals surface area contributed by atoms with Gasteiger partial charge in [-0.3, -0.25) is 14.9 Å². The molecule has 0 fully saturated rings. The fourth-order valence-corrected chi connectivity index (χ4v) is 2.72. The Morgan fingerprint density at radius 2 is 1.56 bits per heavy atom. The highest BCUT2D eigenvalue weighted by Gasteiger charge is 2.26. The van der Waals surface area contributed by atoms with E-state index in [1.165, 1.54) is 0 Å². The van der Waals surface area contributed by atoms with E-state index in [9.17, 15) is 19.8 Å². The van der Waals surface area contributed by atoms with Crippen molar-refractivity contribution in [1.29, 1.82) is 0 Å². The molecule has 0 radical (unpaired) electrons. The van der Waals surface area contributed by atoms with Crippen LogP contribution < -0.4 is 5.32 Å². The number of carboxylic acids is 2. The van der Waals surface area contributed by atoms with Gasteiger partial charge >= 0.3 is 11.9 Å². The van der Waals surface area contributed by atoms with Crippen LogP contribution in [0, 0.1) is 5.92 Å². The van der Waals surface area contributed by atoms with E-state index < -0.39 is 24.0 Å². The molecule has 1 aromatic carbocycles. The summed E-state index contributed by atoms with van der Waals surface area (Å²) in [6.45, 7) is 3.82. The van der Waals surface area contributed by atoms with Crippen molar-refractivity contribution in [1.82, 2.24) is 9.88 Å². The van der Waals surface area contributed by atoms with E-state index in [1.54, 1.807) is 0 Å². The van der Waals surface area contributed by atoms with E-state index in [4.69, 9.17) is 0 Å². The lowest BCUT2D eigenvalue weighted by molar-refractivity contribution is -0.142. The number of carboxylic acid groups (broad SMARTS) is 2. The first kappa shape index (κ1) is 18.7. The molecular formula is C19H24N2O4. The Labute approximate surface area is 147 Å². The summed E-state index contributed by atoms with van der Waals surface area (Å²) in [5.74, 6) is -1.92. The Balaban J connectivity index is 2.08. The average molecular weight is 344 g/mol. The summed E-state index contributed by atoms with van der Waals surface area (Å²) in [6, 6.07) is 9.60. The van der Waals surface area contributed by atoms with Crippen LogP contribution in [0.3, 0.4) is 0 Å². The van der Waals surface area contributed by atoms with Crippen molar-refractivity contribution in [3.05, 3.63) is 54.4 Å². The minimum absolute atomic E-state index is 0.156. The smallest absolute Gasteiger partial charge is 0.321 e. The zero-order valence-electron chi connectivity index (χ0n) is 14.4. The Kier molecular flexibility index (Phi) is 6.36. The van der Waals surface area contributed by atoms with Crippen LogP contribution in [0.5, 0.6) is 0 Å². The minimum Gasteiger partial charge on any atom is -0.480 e. The second kappa shape index (κ2) is 8.48. The zero-order valence-corrected chi connectivity index (χ0v) is 14.4. The number of aromatic nitrogens is 1. The van der Waals surface area contributed by atoms with Crippen LogP contribution in [0.1, 0.15) is 25.8 Å². The van der Waals surface area contributed by atoms with Gasteiger partial charge in [-0.2, -0.15) is 0 Å². The molecule has 1 aromatic heterocycles. The van der Waals surface area contributed by atoms with Gasteiger partial charge in [-0.1, -0.05) is 26.0 Å². The second-order valence-electron chi connectivity index (χ2n) is 6.54. The van der Waals surface area contributed by atoms with Crippen molar-refractivity contribution < 1.29 is 19.8 Å². The summed E-state index contributed by atoms with van der Waals surface area (Å²) in [5, 5.41) is 21.5. The third kappa shape index (κ3) is 5.46. The molecule has 0 aliphatic carbocycles.